The van der Waals surface area contributed by atoms with Crippen molar-refractivity contribution < 1.29 is 19.5 Å². The van der Waals surface area contributed by atoms with E-state index in [1.807, 2.05) is 0 Å². The van der Waals surface area contributed by atoms with Gasteiger partial charge < -0.3 is 21.1 Å². The number of carbonyl (C=O) groups is 3. The zero-order valence-electron chi connectivity index (χ0n) is 11.6. The summed E-state index contributed by atoms with van der Waals surface area (Å²) >= 11 is 0. The lowest BCUT2D eigenvalue weighted by Crippen LogP contribution is -2.40. The summed E-state index contributed by atoms with van der Waals surface area (Å²) in [6, 6.07) is 5.49. The molecule has 0 bridgehead atoms. The van der Waals surface area contributed by atoms with Gasteiger partial charge >= 0.3 is 12.0 Å². The van der Waals surface area contributed by atoms with Crippen LogP contribution in [0.1, 0.15) is 23.7 Å². The van der Waals surface area contributed by atoms with E-state index in [4.69, 9.17) is 10.8 Å². The minimum atomic E-state index is -0.886. The quantitative estimate of drug-likeness (QED) is 0.774. The fourth-order valence-corrected chi connectivity index (χ4v) is 2.47. The van der Waals surface area contributed by atoms with E-state index in [0.717, 1.165) is 0 Å². The highest BCUT2D eigenvalue weighted by Gasteiger charge is 2.38. The topological polar surface area (TPSA) is 113 Å². The molecule has 1 aromatic carbocycles. The Labute approximate surface area is 121 Å². The average molecular weight is 291 g/mol. The SMILES string of the molecule is CC1C(C(=O)O)CCN1C(=O)Nc1ccc(C(N)=O)cc1. The largest absolute Gasteiger partial charge is 0.481 e. The fourth-order valence-electron chi connectivity index (χ4n) is 2.47. The highest BCUT2D eigenvalue weighted by atomic mass is 16.4. The van der Waals surface area contributed by atoms with Crippen molar-refractivity contribution in [3.05, 3.63) is 29.8 Å². The molecule has 2 rings (SSSR count). The summed E-state index contributed by atoms with van der Waals surface area (Å²) in [5, 5.41) is 11.7. The molecule has 1 aliphatic heterocycles. The molecule has 0 aromatic heterocycles. The number of rotatable bonds is 3. The number of urea groups is 1. The number of hydrogen-bond donors (Lipinski definition) is 3. The van der Waals surface area contributed by atoms with Gasteiger partial charge in [-0.1, -0.05) is 0 Å². The molecule has 1 heterocycles. The van der Waals surface area contributed by atoms with E-state index < -0.39 is 17.8 Å². The van der Waals surface area contributed by atoms with Gasteiger partial charge in [0.25, 0.3) is 0 Å². The molecule has 0 spiro atoms. The Bertz CT molecular complexity index is 570. The number of nitrogens with one attached hydrogen (secondary N) is 1. The maximum Gasteiger partial charge on any atom is 0.322 e. The van der Waals surface area contributed by atoms with Crippen molar-refractivity contribution in [3.8, 4) is 0 Å². The standard InChI is InChI=1S/C14H17N3O4/c1-8-11(13(19)20)6-7-17(8)14(21)16-10-4-2-9(3-5-10)12(15)18/h2-5,8,11H,6-7H2,1H3,(H2,15,18)(H,16,21)(H,19,20). The van der Waals surface area contributed by atoms with E-state index >= 15 is 0 Å². The van der Waals surface area contributed by atoms with Crippen molar-refractivity contribution in [2.45, 2.75) is 19.4 Å². The highest BCUT2D eigenvalue weighted by molar-refractivity contribution is 5.94. The van der Waals surface area contributed by atoms with Crippen LogP contribution < -0.4 is 11.1 Å². The number of likely N-dealkylation sites (tertiary alicyclic amines) is 1. The van der Waals surface area contributed by atoms with E-state index in [1.54, 1.807) is 19.1 Å². The number of carboxylic acid groups (broad SMARTS) is 1. The van der Waals surface area contributed by atoms with E-state index in [2.05, 4.69) is 5.32 Å². The lowest BCUT2D eigenvalue weighted by Gasteiger charge is -2.23. The van der Waals surface area contributed by atoms with Crippen molar-refractivity contribution in [2.75, 3.05) is 11.9 Å². The van der Waals surface area contributed by atoms with Gasteiger partial charge in [-0.25, -0.2) is 4.79 Å². The second kappa shape index (κ2) is 5.82. The van der Waals surface area contributed by atoms with Gasteiger partial charge in [-0.2, -0.15) is 0 Å². The van der Waals surface area contributed by atoms with Crippen molar-refractivity contribution in [2.24, 2.45) is 11.7 Å². The molecule has 4 N–H and O–H groups in total. The second-order valence-corrected chi connectivity index (χ2v) is 5.04. The van der Waals surface area contributed by atoms with Crippen LogP contribution in [-0.2, 0) is 4.79 Å². The van der Waals surface area contributed by atoms with Gasteiger partial charge in [0.05, 0.1) is 5.92 Å². The van der Waals surface area contributed by atoms with Gasteiger partial charge in [0.1, 0.15) is 0 Å². The molecule has 21 heavy (non-hydrogen) atoms. The Morgan fingerprint density at radius 2 is 1.90 bits per heavy atom. The summed E-state index contributed by atoms with van der Waals surface area (Å²) in [6.45, 7) is 2.13. The Morgan fingerprint density at radius 3 is 2.38 bits per heavy atom. The van der Waals surface area contributed by atoms with Crippen LogP contribution in [0.4, 0.5) is 10.5 Å². The molecule has 0 radical (unpaired) electrons. The van der Waals surface area contributed by atoms with Gasteiger partial charge in [-0.15, -0.1) is 0 Å². The Morgan fingerprint density at radius 1 is 1.29 bits per heavy atom. The molecule has 1 aromatic rings. The fraction of sp³-hybridized carbons (Fsp3) is 0.357. The van der Waals surface area contributed by atoms with E-state index in [1.165, 1.54) is 17.0 Å². The first-order valence-electron chi connectivity index (χ1n) is 6.60. The number of amides is 3. The van der Waals surface area contributed by atoms with Gasteiger partial charge in [0, 0.05) is 23.8 Å². The number of carboxylic acids is 1. The Kier molecular flexibility index (Phi) is 4.11. The summed E-state index contributed by atoms with van der Waals surface area (Å²) < 4.78 is 0. The number of anilines is 1. The smallest absolute Gasteiger partial charge is 0.322 e. The van der Waals surface area contributed by atoms with Crippen molar-refractivity contribution in [1.82, 2.24) is 4.90 Å². The molecule has 7 nitrogen and oxygen atoms in total. The summed E-state index contributed by atoms with van der Waals surface area (Å²) in [5.74, 6) is -1.96. The van der Waals surface area contributed by atoms with E-state index in [-0.39, 0.29) is 12.1 Å². The molecule has 7 heteroatoms. The first-order chi connectivity index (χ1) is 9.90. The molecular weight excluding hydrogens is 274 g/mol. The Balaban J connectivity index is 2.02. The average Bonchev–Trinajstić information content (AvgIpc) is 2.81. The highest BCUT2D eigenvalue weighted by Crippen LogP contribution is 2.25. The minimum absolute atomic E-state index is 0.349. The first kappa shape index (κ1) is 14.8. The number of hydrogen-bond acceptors (Lipinski definition) is 3. The molecule has 0 aliphatic carbocycles. The monoisotopic (exact) mass is 291 g/mol. The Hall–Kier alpha value is -2.57. The third kappa shape index (κ3) is 3.13. The van der Waals surface area contributed by atoms with Crippen LogP contribution >= 0.6 is 0 Å². The lowest BCUT2D eigenvalue weighted by atomic mass is 10.0. The molecule has 3 amide bonds. The second-order valence-electron chi connectivity index (χ2n) is 5.04. The summed E-state index contributed by atoms with van der Waals surface area (Å²) in [5.41, 5.74) is 6.02. The first-order valence-corrected chi connectivity index (χ1v) is 6.60. The van der Waals surface area contributed by atoms with Crippen molar-refractivity contribution in [3.63, 3.8) is 0 Å². The molecule has 2 unspecified atom stereocenters. The van der Waals surface area contributed by atoms with Gasteiger partial charge in [0.2, 0.25) is 5.91 Å². The maximum atomic E-state index is 12.1. The zero-order chi connectivity index (χ0) is 15.6. The molecular formula is C14H17N3O4. The van der Waals surface area contributed by atoms with Gasteiger partial charge in [0.15, 0.2) is 0 Å². The summed E-state index contributed by atoms with van der Waals surface area (Å²) in [6.07, 6.45) is 0.449. The van der Waals surface area contributed by atoms with Gasteiger partial charge in [-0.05, 0) is 37.6 Å². The van der Waals surface area contributed by atoms with Crippen LogP contribution in [0.25, 0.3) is 0 Å². The van der Waals surface area contributed by atoms with Crippen LogP contribution in [0.3, 0.4) is 0 Å². The molecule has 1 fully saturated rings. The predicted octanol–water partition coefficient (Wildman–Crippen LogP) is 1.11. The van der Waals surface area contributed by atoms with Crippen molar-refractivity contribution in [1.29, 1.82) is 0 Å². The molecule has 1 aliphatic rings. The molecule has 112 valence electrons. The summed E-state index contributed by atoms with van der Waals surface area (Å²) in [7, 11) is 0. The number of primary amides is 1. The number of carbonyl (C=O) groups excluding carboxylic acids is 2. The number of nitrogens with two attached hydrogens (primary N) is 1. The third-order valence-corrected chi connectivity index (χ3v) is 3.75. The molecule has 0 saturated carbocycles. The molecule has 2 atom stereocenters. The van der Waals surface area contributed by atoms with Crippen LogP contribution in [0.2, 0.25) is 0 Å². The summed E-state index contributed by atoms with van der Waals surface area (Å²) in [4.78, 5) is 35.6. The van der Waals surface area contributed by atoms with E-state index in [9.17, 15) is 14.4 Å². The third-order valence-electron chi connectivity index (χ3n) is 3.75. The number of benzene rings is 1. The van der Waals surface area contributed by atoms with E-state index in [0.29, 0.717) is 24.2 Å². The zero-order valence-corrected chi connectivity index (χ0v) is 11.6. The van der Waals surface area contributed by atoms with Crippen LogP contribution in [0.5, 0.6) is 0 Å². The van der Waals surface area contributed by atoms with Crippen LogP contribution in [0.15, 0.2) is 24.3 Å². The van der Waals surface area contributed by atoms with Crippen LogP contribution in [0, 0.1) is 5.92 Å². The lowest BCUT2D eigenvalue weighted by molar-refractivity contribution is -0.142. The molecule has 1 saturated heterocycles. The predicted molar refractivity (Wildman–Crippen MR) is 75.9 cm³/mol. The maximum absolute atomic E-state index is 12.1. The number of nitrogens with zero attached hydrogens (tertiary/aromatic N) is 1. The normalized spacial score (nSPS) is 21.1. The van der Waals surface area contributed by atoms with Crippen molar-refractivity contribution >= 4 is 23.6 Å². The number of aliphatic carboxylic acids is 1. The minimum Gasteiger partial charge on any atom is -0.481 e. The van der Waals surface area contributed by atoms with Crippen LogP contribution in [-0.4, -0.2) is 40.5 Å². The van der Waals surface area contributed by atoms with Gasteiger partial charge in [-0.3, -0.25) is 9.59 Å².